The molecule has 0 radical (unpaired) electrons. The predicted octanol–water partition coefficient (Wildman–Crippen LogP) is 2.46. The third kappa shape index (κ3) is 4.22. The Bertz CT molecular complexity index is 268. The lowest BCUT2D eigenvalue weighted by Gasteiger charge is -2.22. The Balaban J connectivity index is 1.48. The Morgan fingerprint density at radius 2 is 2.19 bits per heavy atom. The zero-order valence-electron chi connectivity index (χ0n) is 9.39. The normalized spacial score (nSPS) is 17.8. The minimum absolute atomic E-state index is 0.0458. The molecular formula is C12H18O3S. The standard InChI is InChI=1S/C12H18O3S/c1-3-11(16-10-1)4-8-13-9-5-12-14-6-2-7-15-12/h1,3,10,12H,2,4-9H2. The SMILES string of the molecule is c1csc(CCOCCC2OCCCO2)c1. The third-order valence-electron chi connectivity index (χ3n) is 2.47. The maximum Gasteiger partial charge on any atom is 0.159 e. The van der Waals surface area contributed by atoms with Gasteiger partial charge in [-0.1, -0.05) is 6.07 Å². The largest absolute Gasteiger partial charge is 0.381 e. The van der Waals surface area contributed by atoms with E-state index < -0.39 is 0 Å². The Kier molecular flexibility index (Phi) is 5.28. The highest BCUT2D eigenvalue weighted by atomic mass is 32.1. The molecule has 2 heterocycles. The molecule has 0 aromatic carbocycles. The summed E-state index contributed by atoms with van der Waals surface area (Å²) in [6.07, 6.45) is 2.81. The van der Waals surface area contributed by atoms with Gasteiger partial charge in [-0.25, -0.2) is 0 Å². The van der Waals surface area contributed by atoms with Crippen LogP contribution in [0.15, 0.2) is 17.5 Å². The molecule has 16 heavy (non-hydrogen) atoms. The molecule has 1 aliphatic heterocycles. The van der Waals surface area contributed by atoms with E-state index in [-0.39, 0.29) is 6.29 Å². The van der Waals surface area contributed by atoms with Gasteiger partial charge in [-0.3, -0.25) is 0 Å². The van der Waals surface area contributed by atoms with E-state index >= 15 is 0 Å². The summed E-state index contributed by atoms with van der Waals surface area (Å²) in [5.41, 5.74) is 0. The molecule has 1 saturated heterocycles. The van der Waals surface area contributed by atoms with E-state index in [9.17, 15) is 0 Å². The Morgan fingerprint density at radius 1 is 1.31 bits per heavy atom. The van der Waals surface area contributed by atoms with Crippen molar-refractivity contribution in [1.82, 2.24) is 0 Å². The van der Waals surface area contributed by atoms with Crippen molar-refractivity contribution >= 4 is 11.3 Å². The molecule has 3 nitrogen and oxygen atoms in total. The van der Waals surface area contributed by atoms with Crippen molar-refractivity contribution < 1.29 is 14.2 Å². The van der Waals surface area contributed by atoms with E-state index in [1.54, 1.807) is 11.3 Å². The summed E-state index contributed by atoms with van der Waals surface area (Å²) in [4.78, 5) is 1.38. The van der Waals surface area contributed by atoms with E-state index in [4.69, 9.17) is 14.2 Å². The molecule has 0 bridgehead atoms. The van der Waals surface area contributed by atoms with Crippen LogP contribution in [0.5, 0.6) is 0 Å². The molecule has 4 heteroatoms. The van der Waals surface area contributed by atoms with Gasteiger partial charge >= 0.3 is 0 Å². The monoisotopic (exact) mass is 242 g/mol. The fourth-order valence-electron chi connectivity index (χ4n) is 1.61. The molecule has 0 saturated carbocycles. The zero-order chi connectivity index (χ0) is 11.1. The molecule has 1 aromatic rings. The van der Waals surface area contributed by atoms with Crippen molar-refractivity contribution in [1.29, 1.82) is 0 Å². The van der Waals surface area contributed by atoms with Crippen LogP contribution < -0.4 is 0 Å². The van der Waals surface area contributed by atoms with Gasteiger partial charge in [0, 0.05) is 17.7 Å². The van der Waals surface area contributed by atoms with E-state index in [1.807, 2.05) is 0 Å². The van der Waals surface area contributed by atoms with Crippen LogP contribution in [-0.2, 0) is 20.6 Å². The first kappa shape index (κ1) is 12.0. The molecule has 1 fully saturated rings. The fourth-order valence-corrected chi connectivity index (χ4v) is 2.30. The van der Waals surface area contributed by atoms with E-state index in [0.717, 1.165) is 45.7 Å². The second-order valence-corrected chi connectivity index (χ2v) is 4.79. The zero-order valence-corrected chi connectivity index (χ0v) is 10.2. The fraction of sp³-hybridized carbons (Fsp3) is 0.667. The summed E-state index contributed by atoms with van der Waals surface area (Å²) < 4.78 is 16.4. The average molecular weight is 242 g/mol. The topological polar surface area (TPSA) is 27.7 Å². The third-order valence-corrected chi connectivity index (χ3v) is 3.40. The van der Waals surface area contributed by atoms with Crippen LogP contribution >= 0.6 is 11.3 Å². The highest BCUT2D eigenvalue weighted by molar-refractivity contribution is 7.09. The van der Waals surface area contributed by atoms with Crippen LogP contribution in [-0.4, -0.2) is 32.7 Å². The van der Waals surface area contributed by atoms with Gasteiger partial charge in [-0.2, -0.15) is 0 Å². The summed E-state index contributed by atoms with van der Waals surface area (Å²) in [6, 6.07) is 4.21. The second kappa shape index (κ2) is 7.01. The number of ether oxygens (including phenoxy) is 3. The molecule has 90 valence electrons. The molecule has 0 unspecified atom stereocenters. The molecular weight excluding hydrogens is 224 g/mol. The lowest BCUT2D eigenvalue weighted by molar-refractivity contribution is -0.186. The molecule has 0 N–H and O–H groups in total. The van der Waals surface area contributed by atoms with Crippen LogP contribution in [0.1, 0.15) is 17.7 Å². The number of hydrogen-bond acceptors (Lipinski definition) is 4. The summed E-state index contributed by atoms with van der Waals surface area (Å²) in [7, 11) is 0. The van der Waals surface area contributed by atoms with Crippen LogP contribution in [0, 0.1) is 0 Å². The van der Waals surface area contributed by atoms with Crippen LogP contribution in [0.3, 0.4) is 0 Å². The molecule has 0 amide bonds. The van der Waals surface area contributed by atoms with Gasteiger partial charge in [0.2, 0.25) is 0 Å². The van der Waals surface area contributed by atoms with Gasteiger partial charge in [-0.15, -0.1) is 11.3 Å². The van der Waals surface area contributed by atoms with E-state index in [2.05, 4.69) is 17.5 Å². The van der Waals surface area contributed by atoms with Crippen LogP contribution in [0.25, 0.3) is 0 Å². The quantitative estimate of drug-likeness (QED) is 0.717. The molecule has 1 aliphatic rings. The van der Waals surface area contributed by atoms with Gasteiger partial charge in [0.05, 0.1) is 26.4 Å². The van der Waals surface area contributed by atoms with Gasteiger partial charge in [0.1, 0.15) is 0 Å². The average Bonchev–Trinajstić information content (AvgIpc) is 2.83. The van der Waals surface area contributed by atoms with Crippen molar-refractivity contribution in [3.63, 3.8) is 0 Å². The van der Waals surface area contributed by atoms with Gasteiger partial charge in [0.15, 0.2) is 6.29 Å². The Labute approximate surface area is 100 Å². The smallest absolute Gasteiger partial charge is 0.159 e. The highest BCUT2D eigenvalue weighted by Gasteiger charge is 2.13. The molecule has 1 aromatic heterocycles. The maximum absolute atomic E-state index is 5.56. The summed E-state index contributed by atoms with van der Waals surface area (Å²) in [6.45, 7) is 3.14. The molecule has 0 atom stereocenters. The van der Waals surface area contributed by atoms with E-state index in [0.29, 0.717) is 0 Å². The number of rotatable bonds is 6. The van der Waals surface area contributed by atoms with Crippen molar-refractivity contribution in [2.75, 3.05) is 26.4 Å². The summed E-state index contributed by atoms with van der Waals surface area (Å²) in [5.74, 6) is 0. The molecule has 0 aliphatic carbocycles. The van der Waals surface area contributed by atoms with Crippen molar-refractivity contribution in [3.8, 4) is 0 Å². The Hall–Kier alpha value is -0.420. The lowest BCUT2D eigenvalue weighted by atomic mass is 10.3. The first-order chi connectivity index (χ1) is 7.95. The summed E-state index contributed by atoms with van der Waals surface area (Å²) >= 11 is 1.78. The Morgan fingerprint density at radius 3 is 2.94 bits per heavy atom. The lowest BCUT2D eigenvalue weighted by Crippen LogP contribution is -2.26. The number of hydrogen-bond donors (Lipinski definition) is 0. The van der Waals surface area contributed by atoms with Crippen molar-refractivity contribution in [2.24, 2.45) is 0 Å². The van der Waals surface area contributed by atoms with Crippen LogP contribution in [0.4, 0.5) is 0 Å². The second-order valence-electron chi connectivity index (χ2n) is 3.76. The minimum atomic E-state index is -0.0458. The van der Waals surface area contributed by atoms with Gasteiger partial charge in [-0.05, 0) is 17.9 Å². The summed E-state index contributed by atoms with van der Waals surface area (Å²) in [5, 5.41) is 2.10. The minimum Gasteiger partial charge on any atom is -0.381 e. The molecule has 0 spiro atoms. The van der Waals surface area contributed by atoms with Gasteiger partial charge in [0.25, 0.3) is 0 Å². The number of thiophene rings is 1. The predicted molar refractivity (Wildman–Crippen MR) is 63.8 cm³/mol. The van der Waals surface area contributed by atoms with Crippen molar-refractivity contribution in [3.05, 3.63) is 22.4 Å². The maximum atomic E-state index is 5.56. The first-order valence-corrected chi connectivity index (χ1v) is 6.66. The van der Waals surface area contributed by atoms with Crippen molar-refractivity contribution in [2.45, 2.75) is 25.6 Å². The highest BCUT2D eigenvalue weighted by Crippen LogP contribution is 2.10. The van der Waals surface area contributed by atoms with Gasteiger partial charge < -0.3 is 14.2 Å². The first-order valence-electron chi connectivity index (χ1n) is 5.78. The van der Waals surface area contributed by atoms with Crippen LogP contribution in [0.2, 0.25) is 0 Å². The molecule has 2 rings (SSSR count). The van der Waals surface area contributed by atoms with E-state index in [1.165, 1.54) is 4.88 Å².